The summed E-state index contributed by atoms with van der Waals surface area (Å²) >= 11 is 0. The van der Waals surface area contributed by atoms with E-state index in [4.69, 9.17) is 9.47 Å². The van der Waals surface area contributed by atoms with E-state index in [1.165, 1.54) is 0 Å². The van der Waals surface area contributed by atoms with Crippen LogP contribution in [0.3, 0.4) is 0 Å². The number of ether oxygens (including phenoxy) is 2. The fourth-order valence-corrected chi connectivity index (χ4v) is 3.91. The summed E-state index contributed by atoms with van der Waals surface area (Å²) in [7, 11) is 0. The molecule has 0 fully saturated rings. The molecule has 36 heavy (non-hydrogen) atoms. The number of aromatic nitrogens is 1. The van der Waals surface area contributed by atoms with Gasteiger partial charge in [-0.25, -0.2) is 4.79 Å². The van der Waals surface area contributed by atoms with E-state index in [9.17, 15) is 9.59 Å². The standard InChI is InChI=1S/C29H31N3O4/c33-28(30-16-9-17-35-20-22-10-3-1-4-11-22)27(18-24-19-31-26-15-8-7-14-25(24)26)32-29(34)36-21-23-12-5-2-6-13-23/h1-8,10-15,19,27,31H,9,16-18,20-21H2,(H,30,33)(H,32,34)/t27-/m0/s1. The number of para-hydroxylation sites is 1. The van der Waals surface area contributed by atoms with Crippen LogP contribution in [0.2, 0.25) is 0 Å². The van der Waals surface area contributed by atoms with E-state index < -0.39 is 12.1 Å². The van der Waals surface area contributed by atoms with Crippen molar-refractivity contribution < 1.29 is 19.1 Å². The SMILES string of the molecule is O=C(N[C@@H](Cc1c[nH]c2ccccc12)C(=O)NCCCOCc1ccccc1)OCc1ccccc1. The number of hydrogen-bond acceptors (Lipinski definition) is 4. The van der Waals surface area contributed by atoms with Crippen LogP contribution in [0.15, 0.2) is 91.1 Å². The van der Waals surface area contributed by atoms with Gasteiger partial charge in [0.2, 0.25) is 5.91 Å². The van der Waals surface area contributed by atoms with Crippen molar-refractivity contribution in [3.05, 3.63) is 108 Å². The van der Waals surface area contributed by atoms with Crippen molar-refractivity contribution in [1.29, 1.82) is 0 Å². The zero-order valence-corrected chi connectivity index (χ0v) is 20.1. The quantitative estimate of drug-likeness (QED) is 0.253. The summed E-state index contributed by atoms with van der Waals surface area (Å²) in [4.78, 5) is 28.8. The number of carbonyl (C=O) groups is 2. The van der Waals surface area contributed by atoms with Gasteiger partial charge in [0.1, 0.15) is 12.6 Å². The van der Waals surface area contributed by atoms with Crippen molar-refractivity contribution in [2.45, 2.75) is 32.1 Å². The third-order valence-corrected chi connectivity index (χ3v) is 5.80. The minimum absolute atomic E-state index is 0.132. The van der Waals surface area contributed by atoms with Gasteiger partial charge in [-0.3, -0.25) is 4.79 Å². The number of benzene rings is 3. The summed E-state index contributed by atoms with van der Waals surface area (Å²) in [6.45, 7) is 1.63. The summed E-state index contributed by atoms with van der Waals surface area (Å²) < 4.78 is 11.0. The van der Waals surface area contributed by atoms with E-state index >= 15 is 0 Å². The number of carbonyl (C=O) groups excluding carboxylic acids is 2. The normalized spacial score (nSPS) is 11.7. The van der Waals surface area contributed by atoms with Gasteiger partial charge in [0.15, 0.2) is 0 Å². The zero-order valence-electron chi connectivity index (χ0n) is 20.1. The predicted octanol–water partition coefficient (Wildman–Crippen LogP) is 4.73. The Hall–Kier alpha value is -4.10. The maximum Gasteiger partial charge on any atom is 0.408 e. The lowest BCUT2D eigenvalue weighted by Crippen LogP contribution is -2.48. The first kappa shape index (κ1) is 25.0. The molecule has 3 aromatic carbocycles. The second kappa shape index (κ2) is 13.1. The first-order valence-electron chi connectivity index (χ1n) is 12.1. The molecule has 0 aliphatic carbocycles. The van der Waals surface area contributed by atoms with Crippen LogP contribution in [-0.4, -0.2) is 36.2 Å². The third kappa shape index (κ3) is 7.45. The molecule has 3 N–H and O–H groups in total. The summed E-state index contributed by atoms with van der Waals surface area (Å²) in [6.07, 6.45) is 2.24. The number of aromatic amines is 1. The van der Waals surface area contributed by atoms with Crippen molar-refractivity contribution in [3.63, 3.8) is 0 Å². The Morgan fingerprint density at radius 2 is 1.50 bits per heavy atom. The summed E-state index contributed by atoms with van der Waals surface area (Å²) in [5, 5.41) is 6.68. The summed E-state index contributed by atoms with van der Waals surface area (Å²) in [6, 6.07) is 26.5. The van der Waals surface area contributed by atoms with Crippen LogP contribution in [0.4, 0.5) is 4.79 Å². The maximum atomic E-state index is 13.0. The molecule has 1 atom stereocenters. The second-order valence-corrected chi connectivity index (χ2v) is 8.51. The van der Waals surface area contributed by atoms with Gasteiger partial charge in [-0.1, -0.05) is 78.9 Å². The van der Waals surface area contributed by atoms with Gasteiger partial charge in [-0.15, -0.1) is 0 Å². The van der Waals surface area contributed by atoms with Crippen LogP contribution in [0.5, 0.6) is 0 Å². The van der Waals surface area contributed by atoms with Crippen molar-refractivity contribution in [2.24, 2.45) is 0 Å². The van der Waals surface area contributed by atoms with Crippen LogP contribution in [0.1, 0.15) is 23.1 Å². The van der Waals surface area contributed by atoms with E-state index in [2.05, 4.69) is 15.6 Å². The van der Waals surface area contributed by atoms with Gasteiger partial charge in [0.25, 0.3) is 0 Å². The molecule has 0 radical (unpaired) electrons. The topological polar surface area (TPSA) is 92.5 Å². The summed E-state index contributed by atoms with van der Waals surface area (Å²) in [5.41, 5.74) is 3.91. The Balaban J connectivity index is 1.30. The molecule has 1 heterocycles. The predicted molar refractivity (Wildman–Crippen MR) is 139 cm³/mol. The van der Waals surface area contributed by atoms with E-state index in [1.54, 1.807) is 0 Å². The van der Waals surface area contributed by atoms with E-state index in [-0.39, 0.29) is 12.5 Å². The zero-order chi connectivity index (χ0) is 25.0. The number of rotatable bonds is 12. The van der Waals surface area contributed by atoms with Gasteiger partial charge in [-0.2, -0.15) is 0 Å². The highest BCUT2D eigenvalue weighted by Crippen LogP contribution is 2.19. The lowest BCUT2D eigenvalue weighted by Gasteiger charge is -2.18. The lowest BCUT2D eigenvalue weighted by molar-refractivity contribution is -0.123. The van der Waals surface area contributed by atoms with Gasteiger partial charge in [0.05, 0.1) is 6.61 Å². The molecular formula is C29H31N3O4. The average Bonchev–Trinajstić information content (AvgIpc) is 3.33. The molecule has 7 nitrogen and oxygen atoms in total. The van der Waals surface area contributed by atoms with Gasteiger partial charge < -0.3 is 25.1 Å². The molecule has 4 rings (SSSR count). The molecule has 0 saturated carbocycles. The first-order valence-corrected chi connectivity index (χ1v) is 12.1. The molecule has 0 unspecified atom stereocenters. The smallest absolute Gasteiger partial charge is 0.408 e. The number of H-pyrrole nitrogens is 1. The maximum absolute atomic E-state index is 13.0. The number of hydrogen-bond donors (Lipinski definition) is 3. The highest BCUT2D eigenvalue weighted by molar-refractivity contribution is 5.88. The van der Waals surface area contributed by atoms with E-state index in [0.29, 0.717) is 32.6 Å². The molecule has 2 amide bonds. The monoisotopic (exact) mass is 485 g/mol. The Labute approximate surface area is 210 Å². The second-order valence-electron chi connectivity index (χ2n) is 8.51. The lowest BCUT2D eigenvalue weighted by atomic mass is 10.0. The molecule has 7 heteroatoms. The molecule has 0 saturated heterocycles. The van der Waals surface area contributed by atoms with Crippen molar-refractivity contribution in [3.8, 4) is 0 Å². The van der Waals surface area contributed by atoms with Crippen molar-refractivity contribution >= 4 is 22.9 Å². The first-order chi connectivity index (χ1) is 17.7. The molecule has 0 aliphatic rings. The number of alkyl carbamates (subject to hydrolysis) is 1. The fourth-order valence-electron chi connectivity index (χ4n) is 3.91. The molecule has 0 aliphatic heterocycles. The minimum Gasteiger partial charge on any atom is -0.445 e. The van der Waals surface area contributed by atoms with Gasteiger partial charge in [0, 0.05) is 36.7 Å². The number of fused-ring (bicyclic) bond motifs is 1. The Morgan fingerprint density at radius 3 is 2.25 bits per heavy atom. The fraction of sp³-hybridized carbons (Fsp3) is 0.241. The molecule has 4 aromatic rings. The van der Waals surface area contributed by atoms with Gasteiger partial charge >= 0.3 is 6.09 Å². The van der Waals surface area contributed by atoms with Crippen LogP contribution < -0.4 is 10.6 Å². The number of nitrogens with one attached hydrogen (secondary N) is 3. The third-order valence-electron chi connectivity index (χ3n) is 5.80. The Kier molecular flexibility index (Phi) is 9.11. The molecule has 186 valence electrons. The van der Waals surface area contributed by atoms with E-state index in [1.807, 2.05) is 91.1 Å². The van der Waals surface area contributed by atoms with Crippen LogP contribution in [-0.2, 0) is 33.9 Å². The van der Waals surface area contributed by atoms with Crippen LogP contribution in [0, 0.1) is 0 Å². The average molecular weight is 486 g/mol. The molecule has 0 spiro atoms. The number of amides is 2. The molecular weight excluding hydrogens is 454 g/mol. The van der Waals surface area contributed by atoms with Gasteiger partial charge in [-0.05, 0) is 29.2 Å². The van der Waals surface area contributed by atoms with E-state index in [0.717, 1.165) is 27.6 Å². The Morgan fingerprint density at radius 1 is 0.833 bits per heavy atom. The molecule has 1 aromatic heterocycles. The molecule has 0 bridgehead atoms. The van der Waals surface area contributed by atoms with Crippen LogP contribution >= 0.6 is 0 Å². The van der Waals surface area contributed by atoms with Crippen LogP contribution in [0.25, 0.3) is 10.9 Å². The highest BCUT2D eigenvalue weighted by atomic mass is 16.5. The summed E-state index contributed by atoms with van der Waals surface area (Å²) in [5.74, 6) is -0.264. The van der Waals surface area contributed by atoms with Crippen molar-refractivity contribution in [1.82, 2.24) is 15.6 Å². The Bertz CT molecular complexity index is 1240. The largest absolute Gasteiger partial charge is 0.445 e. The highest BCUT2D eigenvalue weighted by Gasteiger charge is 2.23. The van der Waals surface area contributed by atoms with Crippen molar-refractivity contribution in [2.75, 3.05) is 13.2 Å². The minimum atomic E-state index is -0.780.